The topological polar surface area (TPSA) is 72.0 Å². The van der Waals surface area contributed by atoms with Crippen molar-refractivity contribution in [2.45, 2.75) is 25.8 Å². The van der Waals surface area contributed by atoms with E-state index in [-0.39, 0.29) is 23.5 Å². The fraction of sp³-hybridized carbons (Fsp3) is 0.269. The SMILES string of the molecule is COc1ccc(OC)c(C2CCCN2C(=O)/C=C/c2csc(N(C(C)=O)c3ccccc3F)n2)c1. The number of para-hydroxylation sites is 1. The second kappa shape index (κ2) is 10.7. The third-order valence-electron chi connectivity index (χ3n) is 5.84. The Bertz CT molecular complexity index is 1260. The summed E-state index contributed by atoms with van der Waals surface area (Å²) in [6.07, 6.45) is 4.78. The van der Waals surface area contributed by atoms with Crippen LogP contribution in [-0.2, 0) is 9.59 Å². The van der Waals surface area contributed by atoms with Gasteiger partial charge in [-0.1, -0.05) is 12.1 Å². The Labute approximate surface area is 207 Å². The molecule has 1 saturated heterocycles. The van der Waals surface area contributed by atoms with Gasteiger partial charge in [0.25, 0.3) is 0 Å². The predicted octanol–water partition coefficient (Wildman–Crippen LogP) is 5.36. The molecule has 2 amide bonds. The zero-order valence-corrected chi connectivity index (χ0v) is 20.5. The Kier molecular flexibility index (Phi) is 7.45. The predicted molar refractivity (Wildman–Crippen MR) is 134 cm³/mol. The molecule has 0 radical (unpaired) electrons. The molecule has 0 bridgehead atoms. The summed E-state index contributed by atoms with van der Waals surface area (Å²) in [7, 11) is 3.21. The van der Waals surface area contributed by atoms with Crippen molar-refractivity contribution in [2.24, 2.45) is 0 Å². The number of nitrogens with zero attached hydrogens (tertiary/aromatic N) is 3. The van der Waals surface area contributed by atoms with E-state index < -0.39 is 5.82 Å². The van der Waals surface area contributed by atoms with Crippen LogP contribution in [0.2, 0.25) is 0 Å². The highest BCUT2D eigenvalue weighted by molar-refractivity contribution is 7.14. The first-order chi connectivity index (χ1) is 16.9. The molecule has 0 spiro atoms. The van der Waals surface area contributed by atoms with Gasteiger partial charge in [-0.3, -0.25) is 14.5 Å². The first-order valence-electron chi connectivity index (χ1n) is 11.1. The highest BCUT2D eigenvalue weighted by atomic mass is 32.1. The molecule has 3 aromatic rings. The second-order valence-corrected chi connectivity index (χ2v) is 8.83. The molecule has 35 heavy (non-hydrogen) atoms. The molecule has 9 heteroatoms. The summed E-state index contributed by atoms with van der Waals surface area (Å²) < 4.78 is 25.2. The quantitative estimate of drug-likeness (QED) is 0.413. The Morgan fingerprint density at radius 3 is 2.71 bits per heavy atom. The fourth-order valence-corrected chi connectivity index (χ4v) is 5.05. The molecule has 2 heterocycles. The van der Waals surface area contributed by atoms with E-state index in [1.54, 1.807) is 37.8 Å². The van der Waals surface area contributed by atoms with E-state index in [2.05, 4.69) is 4.98 Å². The average Bonchev–Trinajstić information content (AvgIpc) is 3.53. The molecule has 1 aliphatic heterocycles. The molecule has 0 aliphatic carbocycles. The zero-order valence-electron chi connectivity index (χ0n) is 19.7. The summed E-state index contributed by atoms with van der Waals surface area (Å²) >= 11 is 1.20. The summed E-state index contributed by atoms with van der Waals surface area (Å²) in [6, 6.07) is 11.5. The lowest BCUT2D eigenvalue weighted by atomic mass is 10.0. The van der Waals surface area contributed by atoms with Crippen molar-refractivity contribution in [3.8, 4) is 11.5 Å². The Balaban J connectivity index is 1.54. The van der Waals surface area contributed by atoms with Gasteiger partial charge >= 0.3 is 0 Å². The Morgan fingerprint density at radius 1 is 1.20 bits per heavy atom. The number of methoxy groups -OCH3 is 2. The van der Waals surface area contributed by atoms with E-state index in [4.69, 9.17) is 9.47 Å². The molecule has 1 fully saturated rings. The second-order valence-electron chi connectivity index (χ2n) is 7.99. The van der Waals surface area contributed by atoms with Crippen LogP contribution >= 0.6 is 11.3 Å². The van der Waals surface area contributed by atoms with Crippen LogP contribution in [0.25, 0.3) is 6.08 Å². The fourth-order valence-electron chi connectivity index (χ4n) is 4.20. The third-order valence-corrected chi connectivity index (χ3v) is 6.68. The van der Waals surface area contributed by atoms with Crippen molar-refractivity contribution in [2.75, 3.05) is 25.7 Å². The van der Waals surface area contributed by atoms with Crippen LogP contribution in [-0.4, -0.2) is 42.5 Å². The van der Waals surface area contributed by atoms with Gasteiger partial charge in [0.1, 0.15) is 17.3 Å². The number of carbonyl (C=O) groups is 2. The van der Waals surface area contributed by atoms with Crippen LogP contribution < -0.4 is 14.4 Å². The number of thiazole rings is 1. The van der Waals surface area contributed by atoms with Crippen molar-refractivity contribution in [3.63, 3.8) is 0 Å². The van der Waals surface area contributed by atoms with Gasteiger partial charge in [0.15, 0.2) is 5.13 Å². The average molecular weight is 496 g/mol. The van der Waals surface area contributed by atoms with Crippen LogP contribution in [0.4, 0.5) is 15.2 Å². The number of halogens is 1. The monoisotopic (exact) mass is 495 g/mol. The van der Waals surface area contributed by atoms with Crippen molar-refractivity contribution in [1.29, 1.82) is 0 Å². The first kappa shape index (κ1) is 24.4. The van der Waals surface area contributed by atoms with Crippen LogP contribution in [0.3, 0.4) is 0 Å². The molecule has 0 N–H and O–H groups in total. The molecule has 1 unspecified atom stereocenters. The largest absolute Gasteiger partial charge is 0.497 e. The van der Waals surface area contributed by atoms with Crippen molar-refractivity contribution < 1.29 is 23.5 Å². The smallest absolute Gasteiger partial charge is 0.247 e. The molecule has 7 nitrogen and oxygen atoms in total. The lowest BCUT2D eigenvalue weighted by molar-refractivity contribution is -0.126. The number of hydrogen-bond donors (Lipinski definition) is 0. The van der Waals surface area contributed by atoms with Gasteiger partial charge in [0.05, 0.1) is 31.6 Å². The molecule has 1 atom stereocenters. The minimum absolute atomic E-state index is 0.127. The molecular formula is C26H26FN3O4S. The van der Waals surface area contributed by atoms with Gasteiger partial charge in [0.2, 0.25) is 11.8 Å². The first-order valence-corrected chi connectivity index (χ1v) is 12.0. The van der Waals surface area contributed by atoms with Crippen molar-refractivity contribution in [1.82, 2.24) is 9.88 Å². The van der Waals surface area contributed by atoms with Gasteiger partial charge in [-0.25, -0.2) is 9.37 Å². The molecule has 1 aliphatic rings. The molecule has 4 rings (SSSR count). The maximum atomic E-state index is 14.3. The van der Waals surface area contributed by atoms with E-state index in [0.717, 1.165) is 18.4 Å². The van der Waals surface area contributed by atoms with Crippen molar-refractivity contribution in [3.05, 3.63) is 71.0 Å². The third kappa shape index (κ3) is 5.19. The van der Waals surface area contributed by atoms with Gasteiger partial charge < -0.3 is 14.4 Å². The number of rotatable bonds is 7. The highest BCUT2D eigenvalue weighted by Gasteiger charge is 2.31. The number of hydrogen-bond acceptors (Lipinski definition) is 6. The van der Waals surface area contributed by atoms with Crippen LogP contribution in [0.1, 0.15) is 37.1 Å². The summed E-state index contributed by atoms with van der Waals surface area (Å²) in [4.78, 5) is 32.8. The molecular weight excluding hydrogens is 469 g/mol. The minimum atomic E-state index is -0.516. The lowest BCUT2D eigenvalue weighted by Crippen LogP contribution is -2.29. The number of aromatic nitrogens is 1. The molecule has 182 valence electrons. The normalized spacial score (nSPS) is 15.4. The van der Waals surface area contributed by atoms with Gasteiger partial charge in [-0.15, -0.1) is 11.3 Å². The number of likely N-dealkylation sites (tertiary alicyclic amines) is 1. The summed E-state index contributed by atoms with van der Waals surface area (Å²) in [5.41, 5.74) is 1.55. The maximum Gasteiger partial charge on any atom is 0.247 e. The van der Waals surface area contributed by atoms with E-state index in [9.17, 15) is 14.0 Å². The van der Waals surface area contributed by atoms with Crippen LogP contribution in [0.5, 0.6) is 11.5 Å². The number of amides is 2. The Morgan fingerprint density at radius 2 is 2.00 bits per heavy atom. The van der Waals surface area contributed by atoms with Crippen molar-refractivity contribution >= 4 is 40.0 Å². The number of ether oxygens (including phenoxy) is 2. The maximum absolute atomic E-state index is 14.3. The molecule has 1 aromatic heterocycles. The van der Waals surface area contributed by atoms with E-state index >= 15 is 0 Å². The van der Waals surface area contributed by atoms with Crippen LogP contribution in [0.15, 0.2) is 53.9 Å². The summed E-state index contributed by atoms with van der Waals surface area (Å²) in [5.74, 6) is 0.391. The van der Waals surface area contributed by atoms with Gasteiger partial charge in [-0.05, 0) is 49.2 Å². The van der Waals surface area contributed by atoms with E-state index in [0.29, 0.717) is 28.9 Å². The summed E-state index contributed by atoms with van der Waals surface area (Å²) in [5, 5.41) is 2.05. The van der Waals surface area contributed by atoms with Gasteiger partial charge in [-0.2, -0.15) is 0 Å². The van der Waals surface area contributed by atoms with Gasteiger partial charge in [0, 0.05) is 30.5 Å². The number of carbonyl (C=O) groups excluding carboxylic acids is 2. The molecule has 0 saturated carbocycles. The highest BCUT2D eigenvalue weighted by Crippen LogP contribution is 2.39. The summed E-state index contributed by atoms with van der Waals surface area (Å²) in [6.45, 7) is 1.98. The molecule has 2 aromatic carbocycles. The van der Waals surface area contributed by atoms with Crippen LogP contribution in [0, 0.1) is 5.82 Å². The lowest BCUT2D eigenvalue weighted by Gasteiger charge is -2.25. The Hall–Kier alpha value is -3.72. The van der Waals surface area contributed by atoms with E-state index in [1.807, 2.05) is 23.1 Å². The number of benzene rings is 2. The zero-order chi connectivity index (χ0) is 24.9. The minimum Gasteiger partial charge on any atom is -0.497 e. The number of anilines is 2. The standard InChI is InChI=1S/C26H26FN3O4S/c1-17(31)30(23-8-5-4-7-21(23)27)26-28-18(16-35-26)10-13-25(32)29-14-6-9-22(29)20-15-19(33-2)11-12-24(20)34-3/h4-5,7-8,10-13,15-16,22H,6,9,14H2,1-3H3/b13-10+. The van der Waals surface area contributed by atoms with E-state index in [1.165, 1.54) is 41.4 Å².